The second-order valence-electron chi connectivity index (χ2n) is 3.78. The van der Waals surface area contributed by atoms with Gasteiger partial charge in [0.1, 0.15) is 0 Å². The van der Waals surface area contributed by atoms with Gasteiger partial charge in [-0.1, -0.05) is 25.5 Å². The Morgan fingerprint density at radius 2 is 2.20 bits per heavy atom. The number of benzene rings is 1. The third-order valence-electron chi connectivity index (χ3n) is 2.38. The van der Waals surface area contributed by atoms with E-state index in [0.717, 1.165) is 23.9 Å². The first kappa shape index (κ1) is 10.0. The molecule has 2 aromatic rings. The van der Waals surface area contributed by atoms with Gasteiger partial charge in [0.2, 0.25) is 0 Å². The lowest BCUT2D eigenvalue weighted by Gasteiger charge is -2.09. The summed E-state index contributed by atoms with van der Waals surface area (Å²) in [5.41, 5.74) is 1.98. The summed E-state index contributed by atoms with van der Waals surface area (Å²) in [6.07, 6.45) is 2.40. The van der Waals surface area contributed by atoms with Crippen LogP contribution in [0.3, 0.4) is 0 Å². The molecule has 0 aliphatic carbocycles. The van der Waals surface area contributed by atoms with Crippen molar-refractivity contribution in [1.82, 2.24) is 9.97 Å². The molecule has 0 spiro atoms. The maximum absolute atomic E-state index is 5.67. The van der Waals surface area contributed by atoms with E-state index in [2.05, 4.69) is 23.8 Å². The van der Waals surface area contributed by atoms with Crippen molar-refractivity contribution >= 4 is 11.0 Å². The maximum atomic E-state index is 5.67. The number of nitrogens with zero attached hydrogens (tertiary/aromatic N) is 1. The second kappa shape index (κ2) is 4.34. The maximum Gasteiger partial charge on any atom is 0.294 e. The smallest absolute Gasteiger partial charge is 0.294 e. The Kier molecular flexibility index (Phi) is 2.90. The fourth-order valence-corrected chi connectivity index (χ4v) is 1.64. The van der Waals surface area contributed by atoms with Gasteiger partial charge in [-0.15, -0.1) is 0 Å². The van der Waals surface area contributed by atoms with Gasteiger partial charge in [-0.2, -0.15) is 4.98 Å². The standard InChI is InChI=1S/C12H16N2O/c1-3-6-9(2)15-12-13-10-7-4-5-8-11(10)14-12/h4-5,7-9H,3,6H2,1-2H3,(H,13,14). The van der Waals surface area contributed by atoms with Crippen LogP contribution in [0.2, 0.25) is 0 Å². The van der Waals surface area contributed by atoms with Crippen molar-refractivity contribution in [2.45, 2.75) is 32.8 Å². The topological polar surface area (TPSA) is 37.9 Å². The predicted molar refractivity (Wildman–Crippen MR) is 61.1 cm³/mol. The summed E-state index contributed by atoms with van der Waals surface area (Å²) in [4.78, 5) is 7.51. The fraction of sp³-hybridized carbons (Fsp3) is 0.417. The van der Waals surface area contributed by atoms with Crippen LogP contribution in [0.5, 0.6) is 6.01 Å². The SMILES string of the molecule is CCCC(C)Oc1nc2ccccc2[nH]1. The van der Waals surface area contributed by atoms with Gasteiger partial charge in [0.25, 0.3) is 6.01 Å². The Balaban J connectivity index is 2.15. The third-order valence-corrected chi connectivity index (χ3v) is 2.38. The molecule has 80 valence electrons. The number of nitrogens with one attached hydrogen (secondary N) is 1. The molecule has 15 heavy (non-hydrogen) atoms. The van der Waals surface area contributed by atoms with Crippen LogP contribution in [0.4, 0.5) is 0 Å². The largest absolute Gasteiger partial charge is 0.462 e. The molecule has 0 bridgehead atoms. The zero-order chi connectivity index (χ0) is 10.7. The molecule has 1 atom stereocenters. The monoisotopic (exact) mass is 204 g/mol. The number of H-pyrrole nitrogens is 1. The Morgan fingerprint density at radius 3 is 2.93 bits per heavy atom. The lowest BCUT2D eigenvalue weighted by molar-refractivity contribution is 0.195. The summed E-state index contributed by atoms with van der Waals surface area (Å²) in [5, 5.41) is 0. The minimum absolute atomic E-state index is 0.218. The van der Waals surface area contributed by atoms with Crippen molar-refractivity contribution in [1.29, 1.82) is 0 Å². The van der Waals surface area contributed by atoms with Gasteiger partial charge in [0.15, 0.2) is 0 Å². The van der Waals surface area contributed by atoms with E-state index < -0.39 is 0 Å². The molecule has 3 heteroatoms. The molecule has 1 aromatic carbocycles. The number of para-hydroxylation sites is 2. The molecule has 3 nitrogen and oxygen atoms in total. The summed E-state index contributed by atoms with van der Waals surface area (Å²) >= 11 is 0. The van der Waals surface area contributed by atoms with Crippen molar-refractivity contribution in [3.63, 3.8) is 0 Å². The van der Waals surface area contributed by atoms with Crippen LogP contribution in [0.15, 0.2) is 24.3 Å². The fourth-order valence-electron chi connectivity index (χ4n) is 1.64. The minimum atomic E-state index is 0.218. The first-order valence-electron chi connectivity index (χ1n) is 5.41. The van der Waals surface area contributed by atoms with Gasteiger partial charge in [-0.05, 0) is 25.5 Å². The Labute approximate surface area is 89.5 Å². The van der Waals surface area contributed by atoms with Crippen molar-refractivity contribution in [3.05, 3.63) is 24.3 Å². The molecule has 0 fully saturated rings. The van der Waals surface area contributed by atoms with E-state index in [-0.39, 0.29) is 6.10 Å². The molecular formula is C12H16N2O. The summed E-state index contributed by atoms with van der Waals surface area (Å²) in [7, 11) is 0. The molecule has 1 N–H and O–H groups in total. The second-order valence-corrected chi connectivity index (χ2v) is 3.78. The Morgan fingerprint density at radius 1 is 1.40 bits per heavy atom. The first-order chi connectivity index (χ1) is 7.29. The third kappa shape index (κ3) is 2.29. The van der Waals surface area contributed by atoms with Gasteiger partial charge in [-0.3, -0.25) is 0 Å². The van der Waals surface area contributed by atoms with E-state index in [1.807, 2.05) is 24.3 Å². The molecule has 2 rings (SSSR count). The molecule has 1 unspecified atom stereocenters. The van der Waals surface area contributed by atoms with E-state index in [0.29, 0.717) is 6.01 Å². The predicted octanol–water partition coefficient (Wildman–Crippen LogP) is 3.13. The number of hydrogen-bond acceptors (Lipinski definition) is 2. The highest BCUT2D eigenvalue weighted by atomic mass is 16.5. The van der Waals surface area contributed by atoms with Crippen LogP contribution in [0.25, 0.3) is 11.0 Å². The highest BCUT2D eigenvalue weighted by Crippen LogP contribution is 2.16. The van der Waals surface area contributed by atoms with Crippen LogP contribution < -0.4 is 4.74 Å². The average Bonchev–Trinajstić information content (AvgIpc) is 2.59. The Bertz CT molecular complexity index is 403. The number of aromatic nitrogens is 2. The number of ether oxygens (including phenoxy) is 1. The van der Waals surface area contributed by atoms with Crippen LogP contribution in [0.1, 0.15) is 26.7 Å². The molecule has 0 aliphatic rings. The van der Waals surface area contributed by atoms with E-state index in [1.165, 1.54) is 0 Å². The van der Waals surface area contributed by atoms with Gasteiger partial charge < -0.3 is 9.72 Å². The summed E-state index contributed by atoms with van der Waals surface area (Å²) in [6.45, 7) is 4.22. The minimum Gasteiger partial charge on any atom is -0.462 e. The normalized spacial score (nSPS) is 12.9. The number of fused-ring (bicyclic) bond motifs is 1. The molecule has 1 heterocycles. The molecule has 0 aliphatic heterocycles. The number of aromatic amines is 1. The van der Waals surface area contributed by atoms with Crippen LogP contribution in [-0.4, -0.2) is 16.1 Å². The molecule has 1 aromatic heterocycles. The molecule has 0 radical (unpaired) electrons. The van der Waals surface area contributed by atoms with Crippen molar-refractivity contribution in [2.24, 2.45) is 0 Å². The van der Waals surface area contributed by atoms with Gasteiger partial charge in [-0.25, -0.2) is 0 Å². The molecule has 0 saturated heterocycles. The van der Waals surface area contributed by atoms with Gasteiger partial charge in [0.05, 0.1) is 17.1 Å². The van der Waals surface area contributed by atoms with Gasteiger partial charge in [0, 0.05) is 0 Å². The molecular weight excluding hydrogens is 188 g/mol. The highest BCUT2D eigenvalue weighted by Gasteiger charge is 2.06. The van der Waals surface area contributed by atoms with Gasteiger partial charge >= 0.3 is 0 Å². The van der Waals surface area contributed by atoms with Crippen molar-refractivity contribution in [2.75, 3.05) is 0 Å². The van der Waals surface area contributed by atoms with Crippen molar-refractivity contribution < 1.29 is 4.74 Å². The number of imidazole rings is 1. The molecule has 0 amide bonds. The van der Waals surface area contributed by atoms with E-state index >= 15 is 0 Å². The van der Waals surface area contributed by atoms with Crippen LogP contribution in [-0.2, 0) is 0 Å². The highest BCUT2D eigenvalue weighted by molar-refractivity contribution is 5.75. The van der Waals surface area contributed by atoms with Crippen LogP contribution in [0, 0.1) is 0 Å². The molecule has 0 saturated carbocycles. The first-order valence-corrected chi connectivity index (χ1v) is 5.41. The van der Waals surface area contributed by atoms with Crippen molar-refractivity contribution in [3.8, 4) is 6.01 Å². The van der Waals surface area contributed by atoms with Crippen LogP contribution >= 0.6 is 0 Å². The lowest BCUT2D eigenvalue weighted by Crippen LogP contribution is -2.11. The number of hydrogen-bond donors (Lipinski definition) is 1. The quantitative estimate of drug-likeness (QED) is 0.830. The number of rotatable bonds is 4. The zero-order valence-electron chi connectivity index (χ0n) is 9.16. The van der Waals surface area contributed by atoms with E-state index in [9.17, 15) is 0 Å². The summed E-state index contributed by atoms with van der Waals surface area (Å²) < 4.78 is 5.67. The Hall–Kier alpha value is -1.51. The summed E-state index contributed by atoms with van der Waals surface area (Å²) in [5.74, 6) is 0. The average molecular weight is 204 g/mol. The summed E-state index contributed by atoms with van der Waals surface area (Å²) in [6, 6.07) is 8.56. The van der Waals surface area contributed by atoms with E-state index in [4.69, 9.17) is 4.74 Å². The zero-order valence-corrected chi connectivity index (χ0v) is 9.16. The van der Waals surface area contributed by atoms with E-state index in [1.54, 1.807) is 0 Å². The lowest BCUT2D eigenvalue weighted by atomic mass is 10.2.